The Kier molecular flexibility index (Phi) is 8.49. The van der Waals surface area contributed by atoms with Gasteiger partial charge in [0.1, 0.15) is 12.4 Å². The second kappa shape index (κ2) is 11.2. The van der Waals surface area contributed by atoms with E-state index in [0.29, 0.717) is 24.0 Å². The van der Waals surface area contributed by atoms with Crippen LogP contribution in [0.15, 0.2) is 54.6 Å². The van der Waals surface area contributed by atoms with Crippen molar-refractivity contribution in [3.63, 3.8) is 0 Å². The first-order valence-electron chi connectivity index (χ1n) is 12.1. The fourth-order valence-corrected chi connectivity index (χ4v) is 4.59. The maximum Gasteiger partial charge on any atom is 0.261 e. The Hall–Kier alpha value is -2.99. The Morgan fingerprint density at radius 2 is 1.46 bits per heavy atom. The molecule has 0 fully saturated rings. The molecule has 0 aliphatic rings. The van der Waals surface area contributed by atoms with E-state index in [2.05, 4.69) is 58.1 Å². The van der Waals surface area contributed by atoms with Gasteiger partial charge in [-0.1, -0.05) is 63.2 Å². The third-order valence-electron chi connectivity index (χ3n) is 6.79. The van der Waals surface area contributed by atoms with E-state index < -0.39 is 8.32 Å². The summed E-state index contributed by atoms with van der Waals surface area (Å²) >= 11 is 0. The fourth-order valence-electron chi connectivity index (χ4n) is 3.56. The average molecular weight is 494 g/mol. The SMILES string of the molecule is COc1nc(CCc2ccc(O[Si](C)(C)C(C)(C)C)cc2)c(C)c(OCc2ccccc2)c1OC. The Labute approximate surface area is 211 Å². The third-order valence-corrected chi connectivity index (χ3v) is 11.1. The Morgan fingerprint density at radius 3 is 2.03 bits per heavy atom. The maximum atomic E-state index is 6.42. The summed E-state index contributed by atoms with van der Waals surface area (Å²) in [6.45, 7) is 13.8. The van der Waals surface area contributed by atoms with E-state index in [1.54, 1.807) is 14.2 Å². The van der Waals surface area contributed by atoms with Crippen molar-refractivity contribution < 1.29 is 18.6 Å². The molecule has 188 valence electrons. The van der Waals surface area contributed by atoms with Gasteiger partial charge >= 0.3 is 0 Å². The lowest BCUT2D eigenvalue weighted by atomic mass is 10.0. The van der Waals surface area contributed by atoms with Gasteiger partial charge in [-0.2, -0.15) is 0 Å². The van der Waals surface area contributed by atoms with Crippen molar-refractivity contribution in [2.45, 2.75) is 65.3 Å². The zero-order chi connectivity index (χ0) is 25.6. The number of methoxy groups -OCH3 is 2. The van der Waals surface area contributed by atoms with Crippen LogP contribution in [0, 0.1) is 6.92 Å². The number of pyridine rings is 1. The van der Waals surface area contributed by atoms with E-state index in [1.165, 1.54) is 5.56 Å². The van der Waals surface area contributed by atoms with E-state index >= 15 is 0 Å². The van der Waals surface area contributed by atoms with E-state index in [0.717, 1.165) is 35.4 Å². The molecule has 0 saturated carbocycles. The van der Waals surface area contributed by atoms with Gasteiger partial charge in [0.25, 0.3) is 5.88 Å². The van der Waals surface area contributed by atoms with Gasteiger partial charge in [0, 0.05) is 5.56 Å². The molecule has 0 aliphatic carbocycles. The van der Waals surface area contributed by atoms with Gasteiger partial charge in [-0.15, -0.1) is 0 Å². The summed E-state index contributed by atoms with van der Waals surface area (Å²) in [7, 11) is 1.37. The minimum atomic E-state index is -1.85. The molecular formula is C29H39NO4Si. The Morgan fingerprint density at radius 1 is 0.800 bits per heavy atom. The van der Waals surface area contributed by atoms with Crippen LogP contribution in [0.5, 0.6) is 23.1 Å². The number of ether oxygens (including phenoxy) is 3. The van der Waals surface area contributed by atoms with Crippen LogP contribution in [0.3, 0.4) is 0 Å². The van der Waals surface area contributed by atoms with E-state index in [1.807, 2.05) is 37.3 Å². The van der Waals surface area contributed by atoms with Crippen molar-refractivity contribution in [2.75, 3.05) is 14.2 Å². The molecule has 0 spiro atoms. The Balaban J connectivity index is 1.76. The molecule has 6 heteroatoms. The normalized spacial score (nSPS) is 11.8. The van der Waals surface area contributed by atoms with Crippen LogP contribution in [0.2, 0.25) is 18.1 Å². The number of aromatic nitrogens is 1. The zero-order valence-electron chi connectivity index (χ0n) is 22.4. The second-order valence-electron chi connectivity index (χ2n) is 10.3. The van der Waals surface area contributed by atoms with Gasteiger partial charge in [0.15, 0.2) is 5.75 Å². The van der Waals surface area contributed by atoms with Gasteiger partial charge in [0.05, 0.1) is 19.9 Å². The third kappa shape index (κ3) is 6.57. The lowest BCUT2D eigenvalue weighted by Gasteiger charge is -2.36. The fraction of sp³-hybridized carbons (Fsp3) is 0.414. The largest absolute Gasteiger partial charge is 0.544 e. The highest BCUT2D eigenvalue weighted by Gasteiger charge is 2.38. The van der Waals surface area contributed by atoms with E-state index in [4.69, 9.17) is 23.6 Å². The van der Waals surface area contributed by atoms with Crippen LogP contribution in [-0.4, -0.2) is 27.5 Å². The van der Waals surface area contributed by atoms with E-state index in [9.17, 15) is 0 Å². The highest BCUT2D eigenvalue weighted by molar-refractivity contribution is 6.74. The summed E-state index contributed by atoms with van der Waals surface area (Å²) in [5, 5.41) is 0.169. The number of hydrogen-bond acceptors (Lipinski definition) is 5. The summed E-state index contributed by atoms with van der Waals surface area (Å²) in [4.78, 5) is 4.74. The van der Waals surface area contributed by atoms with Crippen molar-refractivity contribution in [3.05, 3.63) is 77.0 Å². The molecule has 0 atom stereocenters. The standard InChI is InChI=1S/C29H39NO4Si/c1-21-25(19-16-22-14-17-24(18-15-22)34-35(7,8)29(2,3)4)30-28(32-6)27(31-5)26(21)33-20-23-12-10-9-11-13-23/h9-15,17-18H,16,19-20H2,1-8H3. The van der Waals surface area contributed by atoms with E-state index in [-0.39, 0.29) is 5.04 Å². The van der Waals surface area contributed by atoms with Gasteiger partial charge in [-0.25, -0.2) is 4.98 Å². The summed E-state index contributed by atoms with van der Waals surface area (Å²) in [5.41, 5.74) is 4.23. The minimum absolute atomic E-state index is 0.169. The quantitative estimate of drug-likeness (QED) is 0.281. The number of aryl methyl sites for hydroxylation is 2. The molecule has 0 aliphatic heterocycles. The van der Waals surface area contributed by atoms with Crippen LogP contribution < -0.4 is 18.6 Å². The molecule has 0 unspecified atom stereocenters. The Bertz CT molecular complexity index is 1110. The molecule has 5 nitrogen and oxygen atoms in total. The van der Waals surface area contributed by atoms with Gasteiger partial charge in [0.2, 0.25) is 14.1 Å². The number of hydrogen-bond donors (Lipinski definition) is 0. The lowest BCUT2D eigenvalue weighted by molar-refractivity contribution is 0.269. The summed E-state index contributed by atoms with van der Waals surface area (Å²) in [5.74, 6) is 2.58. The molecular weight excluding hydrogens is 454 g/mol. The second-order valence-corrected chi connectivity index (χ2v) is 15.1. The average Bonchev–Trinajstić information content (AvgIpc) is 2.82. The number of benzene rings is 2. The predicted octanol–water partition coefficient (Wildman–Crippen LogP) is 7.16. The van der Waals surface area contributed by atoms with Crippen LogP contribution in [-0.2, 0) is 19.4 Å². The van der Waals surface area contributed by atoms with Crippen LogP contribution in [0.4, 0.5) is 0 Å². The molecule has 2 aromatic carbocycles. The number of rotatable bonds is 10. The monoisotopic (exact) mass is 493 g/mol. The van der Waals surface area contributed by atoms with Gasteiger partial charge in [-0.05, 0) is 61.2 Å². The van der Waals surface area contributed by atoms with Crippen LogP contribution in [0.25, 0.3) is 0 Å². The highest BCUT2D eigenvalue weighted by atomic mass is 28.4. The summed E-state index contributed by atoms with van der Waals surface area (Å²) in [6.07, 6.45) is 1.61. The summed E-state index contributed by atoms with van der Waals surface area (Å²) < 4.78 is 23.8. The molecule has 0 radical (unpaired) electrons. The first-order chi connectivity index (χ1) is 16.6. The van der Waals surface area contributed by atoms with Crippen LogP contribution in [0.1, 0.15) is 43.2 Å². The van der Waals surface area contributed by atoms with Crippen LogP contribution >= 0.6 is 0 Å². The van der Waals surface area contributed by atoms with Crippen molar-refractivity contribution in [1.29, 1.82) is 0 Å². The minimum Gasteiger partial charge on any atom is -0.544 e. The topological polar surface area (TPSA) is 49.8 Å². The maximum absolute atomic E-state index is 6.42. The molecule has 0 bridgehead atoms. The van der Waals surface area contributed by atoms with Crippen molar-refractivity contribution in [2.24, 2.45) is 0 Å². The molecule has 3 aromatic rings. The van der Waals surface area contributed by atoms with Gasteiger partial charge < -0.3 is 18.6 Å². The summed E-state index contributed by atoms with van der Waals surface area (Å²) in [6, 6.07) is 18.5. The van der Waals surface area contributed by atoms with Gasteiger partial charge in [-0.3, -0.25) is 0 Å². The highest BCUT2D eigenvalue weighted by Crippen LogP contribution is 2.40. The molecule has 3 rings (SSSR count). The van der Waals surface area contributed by atoms with Crippen molar-refractivity contribution in [1.82, 2.24) is 4.98 Å². The first-order valence-corrected chi connectivity index (χ1v) is 15.0. The first kappa shape index (κ1) is 26.6. The molecule has 0 saturated heterocycles. The molecule has 1 heterocycles. The number of nitrogens with zero attached hydrogens (tertiary/aromatic N) is 1. The molecule has 1 aromatic heterocycles. The van der Waals surface area contributed by atoms with Crippen molar-refractivity contribution >= 4 is 8.32 Å². The molecule has 0 amide bonds. The van der Waals surface area contributed by atoms with Crippen molar-refractivity contribution in [3.8, 4) is 23.1 Å². The molecule has 35 heavy (non-hydrogen) atoms. The zero-order valence-corrected chi connectivity index (χ0v) is 23.4. The smallest absolute Gasteiger partial charge is 0.261 e. The molecule has 0 N–H and O–H groups in total. The lowest BCUT2D eigenvalue weighted by Crippen LogP contribution is -2.43. The predicted molar refractivity (Wildman–Crippen MR) is 145 cm³/mol.